The van der Waals surface area contributed by atoms with Crippen LogP contribution in [0.25, 0.3) is 10.4 Å². The van der Waals surface area contributed by atoms with E-state index in [1.165, 1.54) is 4.88 Å². The second-order valence-corrected chi connectivity index (χ2v) is 9.39. The van der Waals surface area contributed by atoms with Crippen LogP contribution in [0.3, 0.4) is 0 Å². The van der Waals surface area contributed by atoms with Crippen molar-refractivity contribution in [3.63, 3.8) is 0 Å². The largest absolute Gasteiger partial charge is 0.497 e. The van der Waals surface area contributed by atoms with Gasteiger partial charge in [0.05, 0.1) is 18.9 Å². The van der Waals surface area contributed by atoms with Crippen LogP contribution in [-0.4, -0.2) is 36.9 Å². The van der Waals surface area contributed by atoms with Gasteiger partial charge in [-0.1, -0.05) is 42.5 Å². The average Bonchev–Trinajstić information content (AvgIpc) is 3.35. The Morgan fingerprint density at radius 2 is 1.91 bits per heavy atom. The first-order valence-electron chi connectivity index (χ1n) is 10.8. The molecule has 1 fully saturated rings. The number of methoxy groups -OCH3 is 1. The van der Waals surface area contributed by atoms with E-state index >= 15 is 0 Å². The molecule has 3 aromatic rings. The SMILES string of the molecule is COc1cccc(CC(=O)N2CCC[C@](Cc3ccc(-c4cccs4)cc3)(C(N)=O)C2)c1. The highest BCUT2D eigenvalue weighted by molar-refractivity contribution is 7.13. The lowest BCUT2D eigenvalue weighted by Gasteiger charge is -2.41. The van der Waals surface area contributed by atoms with Gasteiger partial charge in [-0.15, -0.1) is 11.3 Å². The maximum absolute atomic E-state index is 13.0. The van der Waals surface area contributed by atoms with Gasteiger partial charge in [0.1, 0.15) is 5.75 Å². The van der Waals surface area contributed by atoms with E-state index in [0.29, 0.717) is 25.9 Å². The number of nitrogens with zero attached hydrogens (tertiary/aromatic N) is 1. The number of primary amides is 1. The van der Waals surface area contributed by atoms with Crippen LogP contribution in [-0.2, 0) is 22.4 Å². The zero-order valence-electron chi connectivity index (χ0n) is 18.3. The van der Waals surface area contributed by atoms with Gasteiger partial charge in [0, 0.05) is 18.0 Å². The minimum atomic E-state index is -0.743. The number of rotatable bonds is 7. The molecule has 0 radical (unpaired) electrons. The van der Waals surface area contributed by atoms with Crippen molar-refractivity contribution in [1.82, 2.24) is 4.90 Å². The number of amides is 2. The minimum absolute atomic E-state index is 0.0108. The van der Waals surface area contributed by atoms with Crippen molar-refractivity contribution in [2.45, 2.75) is 25.7 Å². The van der Waals surface area contributed by atoms with Crippen molar-refractivity contribution in [2.75, 3.05) is 20.2 Å². The van der Waals surface area contributed by atoms with Crippen LogP contribution in [0.15, 0.2) is 66.0 Å². The lowest BCUT2D eigenvalue weighted by Crippen LogP contribution is -2.53. The molecule has 2 heterocycles. The summed E-state index contributed by atoms with van der Waals surface area (Å²) in [6.45, 7) is 1.01. The second kappa shape index (κ2) is 9.57. The van der Waals surface area contributed by atoms with Crippen LogP contribution in [0.5, 0.6) is 5.75 Å². The molecule has 1 aromatic heterocycles. The van der Waals surface area contributed by atoms with Gasteiger partial charge in [-0.05, 0) is 59.5 Å². The third kappa shape index (κ3) is 4.86. The second-order valence-electron chi connectivity index (χ2n) is 8.44. The number of hydrogen-bond donors (Lipinski definition) is 1. The fourth-order valence-electron chi connectivity index (χ4n) is 4.47. The summed E-state index contributed by atoms with van der Waals surface area (Å²) in [6, 6.07) is 20.0. The molecular formula is C26H28N2O3S. The van der Waals surface area contributed by atoms with Crippen LogP contribution in [0.2, 0.25) is 0 Å². The maximum Gasteiger partial charge on any atom is 0.227 e. The molecule has 2 amide bonds. The molecular weight excluding hydrogens is 420 g/mol. The quantitative estimate of drug-likeness (QED) is 0.586. The Kier molecular flexibility index (Phi) is 6.61. The summed E-state index contributed by atoms with van der Waals surface area (Å²) in [7, 11) is 1.61. The monoisotopic (exact) mass is 448 g/mol. The maximum atomic E-state index is 13.0. The van der Waals surface area contributed by atoms with E-state index in [-0.39, 0.29) is 18.2 Å². The van der Waals surface area contributed by atoms with Gasteiger partial charge in [-0.3, -0.25) is 9.59 Å². The van der Waals surface area contributed by atoms with Gasteiger partial charge in [0.15, 0.2) is 0 Å². The normalized spacial score (nSPS) is 18.3. The lowest BCUT2D eigenvalue weighted by molar-refractivity contribution is -0.139. The number of ether oxygens (including phenoxy) is 1. The summed E-state index contributed by atoms with van der Waals surface area (Å²) >= 11 is 1.70. The lowest BCUT2D eigenvalue weighted by atomic mass is 9.74. The van der Waals surface area contributed by atoms with Crippen LogP contribution in [0.1, 0.15) is 24.0 Å². The molecule has 1 saturated heterocycles. The third-order valence-electron chi connectivity index (χ3n) is 6.24. The Morgan fingerprint density at radius 3 is 2.59 bits per heavy atom. The first-order valence-corrected chi connectivity index (χ1v) is 11.7. The third-order valence-corrected chi connectivity index (χ3v) is 7.16. The predicted molar refractivity (Wildman–Crippen MR) is 128 cm³/mol. The number of likely N-dealkylation sites (tertiary alicyclic amines) is 1. The Labute approximate surface area is 192 Å². The fourth-order valence-corrected chi connectivity index (χ4v) is 5.20. The molecule has 0 saturated carbocycles. The number of piperidine rings is 1. The van der Waals surface area contributed by atoms with E-state index in [4.69, 9.17) is 10.5 Å². The zero-order valence-corrected chi connectivity index (χ0v) is 19.1. The molecule has 1 aliphatic rings. The Hall–Kier alpha value is -3.12. The van der Waals surface area contributed by atoms with Gasteiger partial charge in [-0.25, -0.2) is 0 Å². The summed E-state index contributed by atoms with van der Waals surface area (Å²) in [5.41, 5.74) is 8.30. The minimum Gasteiger partial charge on any atom is -0.497 e. The molecule has 5 nitrogen and oxygen atoms in total. The molecule has 4 rings (SSSR count). The number of nitrogens with two attached hydrogens (primary N) is 1. The molecule has 1 atom stereocenters. The summed E-state index contributed by atoms with van der Waals surface area (Å²) in [4.78, 5) is 28.7. The van der Waals surface area contributed by atoms with E-state index in [2.05, 4.69) is 35.7 Å². The molecule has 0 bridgehead atoms. The van der Waals surface area contributed by atoms with Crippen molar-refractivity contribution in [1.29, 1.82) is 0 Å². The number of carbonyl (C=O) groups excluding carboxylic acids is 2. The summed E-state index contributed by atoms with van der Waals surface area (Å²) < 4.78 is 5.26. The molecule has 2 aromatic carbocycles. The Balaban J connectivity index is 1.48. The topological polar surface area (TPSA) is 72.6 Å². The molecule has 1 aliphatic heterocycles. The molecule has 2 N–H and O–H groups in total. The van der Waals surface area contributed by atoms with Crippen LogP contribution in [0.4, 0.5) is 0 Å². The number of carbonyl (C=O) groups is 2. The van der Waals surface area contributed by atoms with Crippen molar-refractivity contribution < 1.29 is 14.3 Å². The number of thiophene rings is 1. The standard InChI is InChI=1S/C26H28N2O3S/c1-31-22-6-2-5-20(15-22)16-24(29)28-13-4-12-26(18-28,25(27)30)17-19-8-10-21(11-9-19)23-7-3-14-32-23/h2-3,5-11,14-15H,4,12-13,16-18H2,1H3,(H2,27,30)/t26-/m1/s1. The van der Waals surface area contributed by atoms with Crippen LogP contribution in [0, 0.1) is 5.41 Å². The van der Waals surface area contributed by atoms with E-state index in [0.717, 1.165) is 28.9 Å². The van der Waals surface area contributed by atoms with Crippen molar-refractivity contribution in [3.8, 4) is 16.2 Å². The predicted octanol–water partition coefficient (Wildman–Crippen LogP) is 4.30. The molecule has 0 spiro atoms. The Morgan fingerprint density at radius 1 is 1.09 bits per heavy atom. The van der Waals surface area contributed by atoms with Crippen molar-refractivity contribution >= 4 is 23.2 Å². The number of benzene rings is 2. The number of hydrogen-bond acceptors (Lipinski definition) is 4. The molecule has 0 unspecified atom stereocenters. The van der Waals surface area contributed by atoms with E-state index in [1.54, 1.807) is 23.3 Å². The summed E-state index contributed by atoms with van der Waals surface area (Å²) in [6.07, 6.45) is 2.27. The molecule has 32 heavy (non-hydrogen) atoms. The highest BCUT2D eigenvalue weighted by Gasteiger charge is 2.42. The zero-order chi connectivity index (χ0) is 22.6. The smallest absolute Gasteiger partial charge is 0.227 e. The van der Waals surface area contributed by atoms with Gasteiger partial charge < -0.3 is 15.4 Å². The van der Waals surface area contributed by atoms with Crippen LogP contribution < -0.4 is 10.5 Å². The molecule has 166 valence electrons. The highest BCUT2D eigenvalue weighted by atomic mass is 32.1. The first-order chi connectivity index (χ1) is 15.5. The van der Waals surface area contributed by atoms with Crippen molar-refractivity contribution in [3.05, 3.63) is 77.2 Å². The van der Waals surface area contributed by atoms with Crippen molar-refractivity contribution in [2.24, 2.45) is 11.1 Å². The molecule has 6 heteroatoms. The van der Waals surface area contributed by atoms with E-state index < -0.39 is 5.41 Å². The average molecular weight is 449 g/mol. The Bertz CT molecular complexity index is 1080. The molecule has 0 aliphatic carbocycles. The fraction of sp³-hybridized carbons (Fsp3) is 0.308. The first kappa shape index (κ1) is 22.1. The van der Waals surface area contributed by atoms with E-state index in [1.807, 2.05) is 30.3 Å². The summed E-state index contributed by atoms with van der Waals surface area (Å²) in [5.74, 6) is 0.404. The van der Waals surface area contributed by atoms with Gasteiger partial charge in [-0.2, -0.15) is 0 Å². The van der Waals surface area contributed by atoms with Gasteiger partial charge in [0.2, 0.25) is 11.8 Å². The highest BCUT2D eigenvalue weighted by Crippen LogP contribution is 2.35. The van der Waals surface area contributed by atoms with Crippen LogP contribution >= 0.6 is 11.3 Å². The van der Waals surface area contributed by atoms with Gasteiger partial charge >= 0.3 is 0 Å². The summed E-state index contributed by atoms with van der Waals surface area (Å²) in [5, 5.41) is 2.06. The van der Waals surface area contributed by atoms with Gasteiger partial charge in [0.25, 0.3) is 0 Å². The van der Waals surface area contributed by atoms with E-state index in [9.17, 15) is 9.59 Å².